The molecule has 0 amide bonds. The van der Waals surface area contributed by atoms with Gasteiger partial charge in [0.25, 0.3) is 11.7 Å². The molecule has 1 atom stereocenters. The molecule has 0 aliphatic carbocycles. The largest absolute Gasteiger partial charge is 0.423 e. The van der Waals surface area contributed by atoms with Gasteiger partial charge in [-0.15, -0.1) is 0 Å². The summed E-state index contributed by atoms with van der Waals surface area (Å²) >= 11 is 1.96. The summed E-state index contributed by atoms with van der Waals surface area (Å²) in [6.07, 6.45) is 2.42. The quantitative estimate of drug-likeness (QED) is 0.687. The average molecular weight is 293 g/mol. The predicted octanol–water partition coefficient (Wildman–Crippen LogP) is 3.43. The number of nitrogens with zero attached hydrogens (tertiary/aromatic N) is 2. The van der Waals surface area contributed by atoms with Crippen LogP contribution < -0.4 is 5.32 Å². The minimum Gasteiger partial charge on any atom is -0.423 e. The van der Waals surface area contributed by atoms with Crippen LogP contribution in [0.2, 0.25) is 0 Å². The number of fused-ring (bicyclic) bond motifs is 1. The Morgan fingerprint density at radius 1 is 1.60 bits per heavy atom. The molecule has 0 saturated carbocycles. The second kappa shape index (κ2) is 4.97. The van der Waals surface area contributed by atoms with E-state index in [0.29, 0.717) is 17.1 Å². The maximum absolute atomic E-state index is 10.7. The third-order valence-corrected chi connectivity index (χ3v) is 5.04. The van der Waals surface area contributed by atoms with Crippen molar-refractivity contribution in [2.24, 2.45) is 0 Å². The van der Waals surface area contributed by atoms with E-state index in [2.05, 4.69) is 17.2 Å². The summed E-state index contributed by atoms with van der Waals surface area (Å²) in [5.41, 5.74) is 1.08. The maximum Gasteiger partial charge on any atom is 0.295 e. The fourth-order valence-corrected chi connectivity index (χ4v) is 3.59. The van der Waals surface area contributed by atoms with Crippen LogP contribution in [0.15, 0.2) is 22.6 Å². The minimum absolute atomic E-state index is 0.0125. The maximum atomic E-state index is 10.7. The van der Waals surface area contributed by atoms with Crippen molar-refractivity contribution in [2.75, 3.05) is 17.6 Å². The van der Waals surface area contributed by atoms with Crippen LogP contribution in [0.4, 0.5) is 11.7 Å². The van der Waals surface area contributed by atoms with E-state index in [0.717, 1.165) is 6.54 Å². The molecule has 1 aromatic heterocycles. The second-order valence-corrected chi connectivity index (χ2v) is 6.87. The summed E-state index contributed by atoms with van der Waals surface area (Å²) in [5.74, 6) is 1.19. The first kappa shape index (κ1) is 13.2. The van der Waals surface area contributed by atoms with Crippen molar-refractivity contribution in [3.63, 3.8) is 0 Å². The summed E-state index contributed by atoms with van der Waals surface area (Å²) in [6, 6.07) is 4.87. The molecule has 0 radical (unpaired) electrons. The molecule has 1 saturated heterocycles. The molecular weight excluding hydrogens is 278 g/mol. The van der Waals surface area contributed by atoms with Gasteiger partial charge in [0.05, 0.1) is 11.0 Å². The normalized spacial score (nSPS) is 22.2. The Bertz CT molecular complexity index is 649. The summed E-state index contributed by atoms with van der Waals surface area (Å²) in [4.78, 5) is 14.6. The number of oxazole rings is 1. The Labute approximate surface area is 120 Å². The van der Waals surface area contributed by atoms with Crippen LogP contribution >= 0.6 is 11.8 Å². The van der Waals surface area contributed by atoms with E-state index in [-0.39, 0.29) is 10.4 Å². The number of thioether (sulfide) groups is 1. The SMILES string of the molecule is CC1(CNc2nc3ccc([N+](=O)[O-])cc3o2)CCCS1. The third-order valence-electron chi connectivity index (χ3n) is 3.50. The number of hydrogen-bond donors (Lipinski definition) is 1. The Morgan fingerprint density at radius 2 is 2.45 bits per heavy atom. The number of nitrogens with one attached hydrogen (secondary N) is 1. The predicted molar refractivity (Wildman–Crippen MR) is 79.3 cm³/mol. The van der Waals surface area contributed by atoms with Gasteiger partial charge >= 0.3 is 0 Å². The number of anilines is 1. The first-order chi connectivity index (χ1) is 9.56. The Kier molecular flexibility index (Phi) is 3.29. The van der Waals surface area contributed by atoms with Crippen LogP contribution in [-0.4, -0.2) is 27.0 Å². The molecular formula is C13H15N3O3S. The summed E-state index contributed by atoms with van der Waals surface area (Å²) < 4.78 is 5.74. The van der Waals surface area contributed by atoms with Crippen molar-refractivity contribution in [2.45, 2.75) is 24.5 Å². The Balaban J connectivity index is 1.77. The van der Waals surface area contributed by atoms with Gasteiger partial charge in [-0.2, -0.15) is 16.7 Å². The van der Waals surface area contributed by atoms with Crippen LogP contribution in [0, 0.1) is 10.1 Å². The topological polar surface area (TPSA) is 81.2 Å². The smallest absolute Gasteiger partial charge is 0.295 e. The molecule has 3 rings (SSSR count). The minimum atomic E-state index is -0.439. The van der Waals surface area contributed by atoms with E-state index in [1.54, 1.807) is 6.07 Å². The highest BCUT2D eigenvalue weighted by Gasteiger charge is 2.29. The van der Waals surface area contributed by atoms with Gasteiger partial charge in [-0.25, -0.2) is 0 Å². The van der Waals surface area contributed by atoms with Crippen LogP contribution in [0.3, 0.4) is 0 Å². The lowest BCUT2D eigenvalue weighted by Crippen LogP contribution is -2.27. The van der Waals surface area contributed by atoms with E-state index >= 15 is 0 Å². The molecule has 2 aromatic rings. The van der Waals surface area contributed by atoms with Gasteiger partial charge in [0.2, 0.25) is 0 Å². The lowest BCUT2D eigenvalue weighted by molar-refractivity contribution is -0.384. The first-order valence-electron chi connectivity index (χ1n) is 6.49. The van der Waals surface area contributed by atoms with Gasteiger partial charge in [0, 0.05) is 17.4 Å². The molecule has 1 aromatic carbocycles. The molecule has 2 heterocycles. The zero-order valence-electron chi connectivity index (χ0n) is 11.1. The Morgan fingerprint density at radius 3 is 3.15 bits per heavy atom. The van der Waals surface area contributed by atoms with Gasteiger partial charge in [0.1, 0.15) is 5.52 Å². The van der Waals surface area contributed by atoms with Crippen LogP contribution in [0.5, 0.6) is 0 Å². The second-order valence-electron chi connectivity index (χ2n) is 5.18. The number of benzene rings is 1. The molecule has 0 bridgehead atoms. The van der Waals surface area contributed by atoms with Crippen molar-refractivity contribution < 1.29 is 9.34 Å². The van der Waals surface area contributed by atoms with E-state index in [9.17, 15) is 10.1 Å². The number of aromatic nitrogens is 1. The van der Waals surface area contributed by atoms with Gasteiger partial charge in [-0.05, 0) is 31.6 Å². The summed E-state index contributed by atoms with van der Waals surface area (Å²) in [5, 5.41) is 13.9. The van der Waals surface area contributed by atoms with E-state index in [1.807, 2.05) is 11.8 Å². The third kappa shape index (κ3) is 2.58. The van der Waals surface area contributed by atoms with Crippen molar-refractivity contribution in [3.8, 4) is 0 Å². The highest BCUT2D eigenvalue weighted by molar-refractivity contribution is 8.00. The standard InChI is InChI=1S/C13H15N3O3S/c1-13(5-2-6-20-13)8-14-12-15-10-4-3-9(16(17)18)7-11(10)19-12/h3-4,7H,2,5-6,8H2,1H3,(H,14,15). The van der Waals surface area contributed by atoms with Crippen LogP contribution in [-0.2, 0) is 0 Å². The van der Waals surface area contributed by atoms with E-state index < -0.39 is 4.92 Å². The highest BCUT2D eigenvalue weighted by atomic mass is 32.2. The van der Waals surface area contributed by atoms with E-state index in [4.69, 9.17) is 4.42 Å². The van der Waals surface area contributed by atoms with Crippen molar-refractivity contribution in [3.05, 3.63) is 28.3 Å². The number of hydrogen-bond acceptors (Lipinski definition) is 6. The van der Waals surface area contributed by atoms with Crippen molar-refractivity contribution in [1.82, 2.24) is 4.98 Å². The van der Waals surface area contributed by atoms with Crippen LogP contribution in [0.25, 0.3) is 11.1 Å². The summed E-state index contributed by atoms with van der Waals surface area (Å²) in [6.45, 7) is 3.01. The molecule has 6 nitrogen and oxygen atoms in total. The molecule has 1 aliphatic rings. The monoisotopic (exact) mass is 293 g/mol. The molecule has 1 N–H and O–H groups in total. The number of nitro benzene ring substituents is 1. The zero-order valence-corrected chi connectivity index (χ0v) is 11.9. The van der Waals surface area contributed by atoms with Gasteiger partial charge < -0.3 is 9.73 Å². The molecule has 1 fully saturated rings. The lowest BCUT2D eigenvalue weighted by Gasteiger charge is -2.21. The van der Waals surface area contributed by atoms with Crippen molar-refractivity contribution >= 4 is 34.6 Å². The van der Waals surface area contributed by atoms with Crippen molar-refractivity contribution in [1.29, 1.82) is 0 Å². The van der Waals surface area contributed by atoms with Gasteiger partial charge in [-0.1, -0.05) is 0 Å². The average Bonchev–Trinajstić information content (AvgIpc) is 3.01. The highest BCUT2D eigenvalue weighted by Crippen LogP contribution is 2.37. The zero-order chi connectivity index (χ0) is 14.2. The van der Waals surface area contributed by atoms with Crippen LogP contribution in [0.1, 0.15) is 19.8 Å². The fourth-order valence-electron chi connectivity index (χ4n) is 2.34. The first-order valence-corrected chi connectivity index (χ1v) is 7.47. The lowest BCUT2D eigenvalue weighted by atomic mass is 10.1. The van der Waals surface area contributed by atoms with E-state index in [1.165, 1.54) is 30.7 Å². The summed E-state index contributed by atoms with van der Waals surface area (Å²) in [7, 11) is 0. The fraction of sp³-hybridized carbons (Fsp3) is 0.462. The number of non-ortho nitro benzene ring substituents is 1. The number of nitro groups is 1. The molecule has 1 aliphatic heterocycles. The molecule has 1 unspecified atom stereocenters. The molecule has 20 heavy (non-hydrogen) atoms. The molecule has 7 heteroatoms. The molecule has 106 valence electrons. The Hall–Kier alpha value is -1.76. The number of rotatable bonds is 4. The van der Waals surface area contributed by atoms with Gasteiger partial charge in [-0.3, -0.25) is 10.1 Å². The van der Waals surface area contributed by atoms with Gasteiger partial charge in [0.15, 0.2) is 5.58 Å². The molecule has 0 spiro atoms.